The molecule has 0 unspecified atom stereocenters. The van der Waals surface area contributed by atoms with Crippen molar-refractivity contribution < 1.29 is 24.2 Å². The van der Waals surface area contributed by atoms with Crippen LogP contribution in [0.1, 0.15) is 17.5 Å². The molecule has 2 aromatic carbocycles. The molecule has 160 valence electrons. The molecule has 5 N–H and O–H groups in total. The molecule has 3 amide bonds. The fourth-order valence-electron chi connectivity index (χ4n) is 2.59. The van der Waals surface area contributed by atoms with Gasteiger partial charge in [0, 0.05) is 17.4 Å². The van der Waals surface area contributed by atoms with E-state index in [0.29, 0.717) is 0 Å². The van der Waals surface area contributed by atoms with Gasteiger partial charge in [-0.3, -0.25) is 9.59 Å². The highest BCUT2D eigenvalue weighted by Crippen LogP contribution is 2.12. The zero-order valence-electron chi connectivity index (χ0n) is 16.2. The van der Waals surface area contributed by atoms with Crippen molar-refractivity contribution in [3.05, 3.63) is 70.2 Å². The van der Waals surface area contributed by atoms with E-state index in [1.165, 1.54) is 0 Å². The summed E-state index contributed by atoms with van der Waals surface area (Å²) < 4.78 is 5.92. The largest absolute Gasteiger partial charge is 0.445 e. The van der Waals surface area contributed by atoms with Gasteiger partial charge in [-0.25, -0.2) is 4.79 Å². The molecular formula is C21H24BrN3O5. The quantitative estimate of drug-likeness (QED) is 0.413. The van der Waals surface area contributed by atoms with Crippen LogP contribution in [-0.4, -0.2) is 41.7 Å². The van der Waals surface area contributed by atoms with Gasteiger partial charge in [0.15, 0.2) is 0 Å². The third kappa shape index (κ3) is 8.62. The summed E-state index contributed by atoms with van der Waals surface area (Å²) >= 11 is 3.33. The van der Waals surface area contributed by atoms with Crippen molar-refractivity contribution in [3.8, 4) is 0 Å². The molecule has 0 aromatic heterocycles. The Morgan fingerprint density at radius 2 is 1.70 bits per heavy atom. The Balaban J connectivity index is 1.73. The van der Waals surface area contributed by atoms with Crippen molar-refractivity contribution in [1.82, 2.24) is 10.6 Å². The SMILES string of the molecule is NC(=O)[C@@H](Cc1ccc(Br)cc1)NC(=O)C[C@@H](O)CNC(=O)OCc1ccccc1. The summed E-state index contributed by atoms with van der Waals surface area (Å²) in [5.41, 5.74) is 7.03. The summed E-state index contributed by atoms with van der Waals surface area (Å²) in [5.74, 6) is -1.23. The molecule has 2 rings (SSSR count). The number of nitrogens with one attached hydrogen (secondary N) is 2. The van der Waals surface area contributed by atoms with Crippen LogP contribution in [-0.2, 0) is 27.4 Å². The minimum atomic E-state index is -1.14. The molecule has 0 aliphatic rings. The van der Waals surface area contributed by atoms with Crippen LogP contribution in [0.4, 0.5) is 4.79 Å². The van der Waals surface area contributed by atoms with E-state index in [-0.39, 0.29) is 26.0 Å². The highest BCUT2D eigenvalue weighted by molar-refractivity contribution is 9.10. The number of carbonyl (C=O) groups is 3. The van der Waals surface area contributed by atoms with Crippen LogP contribution in [0.15, 0.2) is 59.1 Å². The van der Waals surface area contributed by atoms with Crippen molar-refractivity contribution in [3.63, 3.8) is 0 Å². The summed E-state index contributed by atoms with van der Waals surface area (Å²) in [6.07, 6.45) is -1.92. The van der Waals surface area contributed by atoms with E-state index in [4.69, 9.17) is 10.5 Å². The van der Waals surface area contributed by atoms with Crippen LogP contribution >= 0.6 is 15.9 Å². The Hall–Kier alpha value is -2.91. The van der Waals surface area contributed by atoms with E-state index in [2.05, 4.69) is 26.6 Å². The first-order valence-corrected chi connectivity index (χ1v) is 10.1. The first-order chi connectivity index (χ1) is 14.3. The molecule has 0 fully saturated rings. The van der Waals surface area contributed by atoms with Gasteiger partial charge in [-0.2, -0.15) is 0 Å². The number of carbonyl (C=O) groups excluding carboxylic acids is 3. The molecule has 30 heavy (non-hydrogen) atoms. The number of alkyl carbamates (subject to hydrolysis) is 1. The van der Waals surface area contributed by atoms with Crippen molar-refractivity contribution >= 4 is 33.8 Å². The Labute approximate surface area is 182 Å². The number of amides is 3. The second-order valence-corrected chi connectivity index (χ2v) is 7.57. The molecular weight excluding hydrogens is 454 g/mol. The second kappa shape index (κ2) is 11.9. The highest BCUT2D eigenvalue weighted by atomic mass is 79.9. The molecule has 0 radical (unpaired) electrons. The number of rotatable bonds is 10. The smallest absolute Gasteiger partial charge is 0.407 e. The topological polar surface area (TPSA) is 131 Å². The lowest BCUT2D eigenvalue weighted by atomic mass is 10.1. The lowest BCUT2D eigenvalue weighted by Gasteiger charge is -2.17. The van der Waals surface area contributed by atoms with Gasteiger partial charge in [-0.05, 0) is 23.3 Å². The average molecular weight is 478 g/mol. The molecule has 8 nitrogen and oxygen atoms in total. The van der Waals surface area contributed by atoms with Gasteiger partial charge in [0.1, 0.15) is 12.6 Å². The van der Waals surface area contributed by atoms with E-state index in [1.807, 2.05) is 54.6 Å². The molecule has 0 bridgehead atoms. The van der Waals surface area contributed by atoms with Gasteiger partial charge < -0.3 is 26.2 Å². The summed E-state index contributed by atoms with van der Waals surface area (Å²) in [6.45, 7) is -0.0748. The van der Waals surface area contributed by atoms with Crippen LogP contribution in [0.5, 0.6) is 0 Å². The number of ether oxygens (including phenoxy) is 1. The summed E-state index contributed by atoms with van der Waals surface area (Å²) in [6, 6.07) is 15.5. The van der Waals surface area contributed by atoms with Crippen LogP contribution < -0.4 is 16.4 Å². The molecule has 0 aliphatic heterocycles. The maximum Gasteiger partial charge on any atom is 0.407 e. The number of aliphatic hydroxyl groups excluding tert-OH is 1. The number of primary amides is 1. The Morgan fingerprint density at radius 1 is 1.03 bits per heavy atom. The van der Waals surface area contributed by atoms with E-state index >= 15 is 0 Å². The first-order valence-electron chi connectivity index (χ1n) is 9.29. The van der Waals surface area contributed by atoms with Crippen LogP contribution in [0, 0.1) is 0 Å². The minimum Gasteiger partial charge on any atom is -0.445 e. The number of benzene rings is 2. The number of hydrogen-bond acceptors (Lipinski definition) is 5. The maximum absolute atomic E-state index is 12.1. The molecule has 0 spiro atoms. The van der Waals surface area contributed by atoms with Crippen molar-refractivity contribution in [1.29, 1.82) is 0 Å². The highest BCUT2D eigenvalue weighted by Gasteiger charge is 2.20. The fraction of sp³-hybridized carbons (Fsp3) is 0.286. The normalized spacial score (nSPS) is 12.5. The van der Waals surface area contributed by atoms with Gasteiger partial charge in [-0.1, -0.05) is 58.4 Å². The number of nitrogens with two attached hydrogens (primary N) is 1. The van der Waals surface area contributed by atoms with Crippen molar-refractivity contribution in [2.75, 3.05) is 6.54 Å². The molecule has 0 aliphatic carbocycles. The summed E-state index contributed by atoms with van der Waals surface area (Å²) in [4.78, 5) is 35.5. The average Bonchev–Trinajstić information content (AvgIpc) is 2.72. The molecule has 9 heteroatoms. The Morgan fingerprint density at radius 3 is 2.33 bits per heavy atom. The summed E-state index contributed by atoms with van der Waals surface area (Å²) in [5, 5.41) is 14.9. The molecule has 2 aromatic rings. The monoisotopic (exact) mass is 477 g/mol. The second-order valence-electron chi connectivity index (χ2n) is 6.65. The first kappa shape index (κ1) is 23.4. The van der Waals surface area contributed by atoms with Gasteiger partial charge in [-0.15, -0.1) is 0 Å². The van der Waals surface area contributed by atoms with E-state index in [0.717, 1.165) is 15.6 Å². The zero-order chi connectivity index (χ0) is 21.9. The van der Waals surface area contributed by atoms with Crippen LogP contribution in [0.25, 0.3) is 0 Å². The van der Waals surface area contributed by atoms with E-state index in [9.17, 15) is 19.5 Å². The minimum absolute atomic E-state index is 0.0968. The predicted molar refractivity (Wildman–Crippen MR) is 114 cm³/mol. The number of halogens is 1. The fourth-order valence-corrected chi connectivity index (χ4v) is 2.86. The third-order valence-electron chi connectivity index (χ3n) is 4.15. The molecule has 0 saturated carbocycles. The van der Waals surface area contributed by atoms with Crippen LogP contribution in [0.2, 0.25) is 0 Å². The predicted octanol–water partition coefficient (Wildman–Crippen LogP) is 1.64. The van der Waals surface area contributed by atoms with E-state index in [1.54, 1.807) is 0 Å². The standard InChI is InChI=1S/C21H24BrN3O5/c22-16-8-6-14(7-9-16)10-18(20(23)28)25-19(27)11-17(26)12-24-21(29)30-13-15-4-2-1-3-5-15/h1-9,17-18,26H,10-13H2,(H2,23,28)(H,24,29)(H,25,27)/t17-,18-/m1/s1. The summed E-state index contributed by atoms with van der Waals surface area (Å²) in [7, 11) is 0. The van der Waals surface area contributed by atoms with E-state index < -0.39 is 30.1 Å². The third-order valence-corrected chi connectivity index (χ3v) is 4.68. The number of hydrogen-bond donors (Lipinski definition) is 4. The lowest BCUT2D eigenvalue weighted by molar-refractivity contribution is -0.128. The van der Waals surface area contributed by atoms with Gasteiger partial charge in [0.25, 0.3) is 0 Å². The lowest BCUT2D eigenvalue weighted by Crippen LogP contribution is -2.47. The van der Waals surface area contributed by atoms with Crippen molar-refractivity contribution in [2.45, 2.75) is 31.6 Å². The Bertz CT molecular complexity index is 845. The Kier molecular flexibility index (Phi) is 9.30. The molecule has 2 atom stereocenters. The molecule has 0 heterocycles. The zero-order valence-corrected chi connectivity index (χ0v) is 17.8. The van der Waals surface area contributed by atoms with Gasteiger partial charge in [0.05, 0.1) is 12.5 Å². The molecule has 0 saturated heterocycles. The van der Waals surface area contributed by atoms with Gasteiger partial charge >= 0.3 is 6.09 Å². The van der Waals surface area contributed by atoms with Gasteiger partial charge in [0.2, 0.25) is 11.8 Å². The van der Waals surface area contributed by atoms with Crippen LogP contribution in [0.3, 0.4) is 0 Å². The number of aliphatic hydroxyl groups is 1. The van der Waals surface area contributed by atoms with Crippen molar-refractivity contribution in [2.24, 2.45) is 5.73 Å². The maximum atomic E-state index is 12.1.